The molecule has 1 heteroatoms. The van der Waals surface area contributed by atoms with E-state index in [-0.39, 0.29) is 0 Å². The molecule has 252 valence electrons. The van der Waals surface area contributed by atoms with E-state index in [1.54, 1.807) is 0 Å². The van der Waals surface area contributed by atoms with Crippen LogP contribution in [-0.2, 0) is 10.8 Å². The molecule has 0 aliphatic heterocycles. The van der Waals surface area contributed by atoms with Gasteiger partial charge in [0.2, 0.25) is 0 Å². The van der Waals surface area contributed by atoms with Gasteiger partial charge in [-0.15, -0.1) is 0 Å². The molecular formula is C54H31N. The van der Waals surface area contributed by atoms with Gasteiger partial charge < -0.3 is 4.57 Å². The molecule has 0 N–H and O–H groups in total. The van der Waals surface area contributed by atoms with Crippen molar-refractivity contribution in [1.82, 2.24) is 4.57 Å². The van der Waals surface area contributed by atoms with Gasteiger partial charge in [-0.2, -0.15) is 0 Å². The van der Waals surface area contributed by atoms with E-state index >= 15 is 0 Å². The van der Waals surface area contributed by atoms with Crippen LogP contribution in [0.2, 0.25) is 0 Å². The van der Waals surface area contributed by atoms with Crippen LogP contribution in [0.3, 0.4) is 0 Å². The number of fused-ring (bicyclic) bond motifs is 14. The van der Waals surface area contributed by atoms with Gasteiger partial charge in [0.25, 0.3) is 0 Å². The predicted octanol–water partition coefficient (Wildman–Crippen LogP) is 13.0. The van der Waals surface area contributed by atoms with E-state index in [2.05, 4.69) is 193 Å². The molecule has 0 fully saturated rings. The van der Waals surface area contributed by atoms with Gasteiger partial charge in [-0.1, -0.05) is 164 Å². The Morgan fingerprint density at radius 2 is 0.818 bits per heavy atom. The zero-order valence-corrected chi connectivity index (χ0v) is 29.8. The molecule has 14 rings (SSSR count). The Hall–Kier alpha value is -6.96. The highest BCUT2D eigenvalue weighted by Crippen LogP contribution is 2.65. The smallest absolute Gasteiger partial charge is 0.0726 e. The Labute approximate surface area is 318 Å². The van der Waals surface area contributed by atoms with Crippen LogP contribution >= 0.6 is 0 Å². The van der Waals surface area contributed by atoms with E-state index in [9.17, 15) is 0 Å². The second-order valence-electron chi connectivity index (χ2n) is 15.9. The van der Waals surface area contributed by atoms with Gasteiger partial charge in [0, 0.05) is 16.5 Å². The summed E-state index contributed by atoms with van der Waals surface area (Å²) in [5.74, 6) is 0. The number of nitrogens with zero attached hydrogens (tertiary/aromatic N) is 1. The maximum Gasteiger partial charge on any atom is 0.0726 e. The van der Waals surface area contributed by atoms with Gasteiger partial charge in [0.1, 0.15) is 0 Å². The summed E-state index contributed by atoms with van der Waals surface area (Å²) in [5.41, 5.74) is 21.9. The molecule has 1 heterocycles. The van der Waals surface area contributed by atoms with Crippen LogP contribution in [0.1, 0.15) is 44.5 Å². The fraction of sp³-hybridized carbons (Fsp3) is 0.0370. The van der Waals surface area contributed by atoms with Gasteiger partial charge in [-0.25, -0.2) is 0 Å². The highest BCUT2D eigenvalue weighted by molar-refractivity contribution is 6.28. The first-order valence-electron chi connectivity index (χ1n) is 19.4. The minimum absolute atomic E-state index is 0.396. The maximum atomic E-state index is 2.58. The first-order chi connectivity index (χ1) is 27.3. The lowest BCUT2D eigenvalue weighted by Gasteiger charge is -2.37. The van der Waals surface area contributed by atoms with Crippen molar-refractivity contribution in [2.45, 2.75) is 10.8 Å². The molecule has 0 bridgehead atoms. The first-order valence-corrected chi connectivity index (χ1v) is 19.4. The highest BCUT2D eigenvalue weighted by atomic mass is 15.0. The summed E-state index contributed by atoms with van der Waals surface area (Å²) in [6.07, 6.45) is 0. The van der Waals surface area contributed by atoms with Crippen LogP contribution in [0.15, 0.2) is 188 Å². The van der Waals surface area contributed by atoms with Crippen molar-refractivity contribution in [2.24, 2.45) is 0 Å². The standard InChI is InChI=1S/C54H31N/c1-2-14-33(15-3-1)53-41-20-8-7-19-38(41)40-28-30-48-51(52(40)53)50-47(29-25-32-13-12-24-45(53)49(32)50)55(48)34-26-27-39-37-18-6-11-23-44(37)54(46(39)31-34)42-21-9-4-16-35(42)36-17-5-10-22-43(36)54/h1-31H. The van der Waals surface area contributed by atoms with Crippen molar-refractivity contribution in [3.8, 4) is 39.1 Å². The van der Waals surface area contributed by atoms with Crippen molar-refractivity contribution in [3.63, 3.8) is 0 Å². The van der Waals surface area contributed by atoms with Crippen molar-refractivity contribution in [1.29, 1.82) is 0 Å². The lowest BCUT2D eigenvalue weighted by molar-refractivity contribution is 0.782. The van der Waals surface area contributed by atoms with Gasteiger partial charge in [0.15, 0.2) is 0 Å². The van der Waals surface area contributed by atoms with Gasteiger partial charge >= 0.3 is 0 Å². The summed E-state index contributed by atoms with van der Waals surface area (Å²) in [5, 5.41) is 5.42. The third-order valence-corrected chi connectivity index (χ3v) is 13.8. The number of hydrogen-bond donors (Lipinski definition) is 0. The second-order valence-corrected chi connectivity index (χ2v) is 15.9. The predicted molar refractivity (Wildman–Crippen MR) is 225 cm³/mol. The van der Waals surface area contributed by atoms with E-state index < -0.39 is 10.8 Å². The SMILES string of the molecule is c1ccc(C23c4ccccc4-c4ccc5c(c42)c2c4c3cccc4ccc2n5-c2ccc3c(c2)C2(c4ccccc4-c4ccccc42)c2ccccc2-3)cc1. The molecule has 1 unspecified atom stereocenters. The van der Waals surface area contributed by atoms with Crippen LogP contribution in [0, 0.1) is 0 Å². The van der Waals surface area contributed by atoms with Crippen LogP contribution in [-0.4, -0.2) is 4.57 Å². The first kappa shape index (κ1) is 28.5. The third kappa shape index (κ3) is 3.01. The quantitative estimate of drug-likeness (QED) is 0.170. The Morgan fingerprint density at radius 1 is 0.309 bits per heavy atom. The van der Waals surface area contributed by atoms with E-state index in [0.29, 0.717) is 0 Å². The van der Waals surface area contributed by atoms with Crippen LogP contribution in [0.25, 0.3) is 71.6 Å². The largest absolute Gasteiger partial charge is 0.309 e. The average Bonchev–Trinajstić information content (AvgIpc) is 3.95. The van der Waals surface area contributed by atoms with Crippen molar-refractivity contribution in [3.05, 3.63) is 233 Å². The van der Waals surface area contributed by atoms with E-state index in [1.165, 1.54) is 116 Å². The fourth-order valence-electron chi connectivity index (χ4n) is 12.0. The molecule has 4 aliphatic rings. The van der Waals surface area contributed by atoms with Gasteiger partial charge in [-0.05, 0) is 113 Å². The zero-order chi connectivity index (χ0) is 35.6. The summed E-state index contributed by atoms with van der Waals surface area (Å²) in [4.78, 5) is 0. The normalized spacial score (nSPS) is 16.9. The molecule has 1 atom stereocenters. The summed E-state index contributed by atoms with van der Waals surface area (Å²) in [7, 11) is 0. The molecule has 1 spiro atoms. The Kier molecular flexibility index (Phi) is 4.97. The summed E-state index contributed by atoms with van der Waals surface area (Å²) in [6, 6.07) is 71.6. The molecule has 1 aromatic heterocycles. The van der Waals surface area contributed by atoms with E-state index in [1.807, 2.05) is 0 Å². The molecule has 0 saturated carbocycles. The average molecular weight is 694 g/mol. The summed E-state index contributed by atoms with van der Waals surface area (Å²) < 4.78 is 2.58. The lowest BCUT2D eigenvalue weighted by Crippen LogP contribution is -2.30. The number of aromatic nitrogens is 1. The molecule has 0 radical (unpaired) electrons. The molecule has 4 aliphatic carbocycles. The number of benzene rings is 9. The fourth-order valence-corrected chi connectivity index (χ4v) is 12.0. The lowest BCUT2D eigenvalue weighted by atomic mass is 9.63. The Morgan fingerprint density at radius 3 is 1.49 bits per heavy atom. The monoisotopic (exact) mass is 693 g/mol. The Balaban J connectivity index is 1.14. The van der Waals surface area contributed by atoms with Gasteiger partial charge in [0.05, 0.1) is 21.9 Å². The topological polar surface area (TPSA) is 4.93 Å². The van der Waals surface area contributed by atoms with E-state index in [0.717, 1.165) is 0 Å². The highest BCUT2D eigenvalue weighted by Gasteiger charge is 2.53. The van der Waals surface area contributed by atoms with Crippen LogP contribution < -0.4 is 0 Å². The zero-order valence-electron chi connectivity index (χ0n) is 29.8. The van der Waals surface area contributed by atoms with Crippen molar-refractivity contribution >= 4 is 32.6 Å². The van der Waals surface area contributed by atoms with E-state index in [4.69, 9.17) is 0 Å². The number of hydrogen-bond acceptors (Lipinski definition) is 0. The van der Waals surface area contributed by atoms with Crippen LogP contribution in [0.5, 0.6) is 0 Å². The second kappa shape index (κ2) is 9.58. The summed E-state index contributed by atoms with van der Waals surface area (Å²) in [6.45, 7) is 0. The molecule has 9 aromatic carbocycles. The van der Waals surface area contributed by atoms with Crippen molar-refractivity contribution < 1.29 is 0 Å². The number of rotatable bonds is 2. The third-order valence-electron chi connectivity index (χ3n) is 13.8. The molecule has 10 aromatic rings. The molecule has 1 nitrogen and oxygen atoms in total. The minimum Gasteiger partial charge on any atom is -0.309 e. The maximum absolute atomic E-state index is 2.58. The molecular weight excluding hydrogens is 663 g/mol. The van der Waals surface area contributed by atoms with Crippen molar-refractivity contribution in [2.75, 3.05) is 0 Å². The van der Waals surface area contributed by atoms with Gasteiger partial charge in [-0.3, -0.25) is 0 Å². The molecule has 0 amide bonds. The summed E-state index contributed by atoms with van der Waals surface area (Å²) >= 11 is 0. The van der Waals surface area contributed by atoms with Crippen LogP contribution in [0.4, 0.5) is 0 Å². The molecule has 55 heavy (non-hydrogen) atoms. The molecule has 0 saturated heterocycles. The Bertz CT molecular complexity index is 3320. The minimum atomic E-state index is -0.416.